The lowest BCUT2D eigenvalue weighted by Crippen LogP contribution is -2.47. The molecule has 0 fully saturated rings. The van der Waals surface area contributed by atoms with Crippen molar-refractivity contribution in [2.24, 2.45) is 17.8 Å². The van der Waals surface area contributed by atoms with Gasteiger partial charge in [-0.1, -0.05) is 184 Å². The molecular weight excluding hydrogens is 683 g/mol. The third kappa shape index (κ3) is 21.5. The summed E-state index contributed by atoms with van der Waals surface area (Å²) in [7, 11) is -0.240. The van der Waals surface area contributed by atoms with Crippen LogP contribution in [0.4, 0.5) is 0 Å². The van der Waals surface area contributed by atoms with E-state index >= 15 is 0 Å². The zero-order valence-electron chi connectivity index (χ0n) is 39.6. The molecule has 54 heavy (non-hydrogen) atoms. The molecule has 0 aromatic rings. The molecular formula is C49H101NO3S. The Balaban J connectivity index is 6.85. The van der Waals surface area contributed by atoms with Gasteiger partial charge in [0.15, 0.2) is 0 Å². The maximum Gasteiger partial charge on any atom is 0.0904 e. The van der Waals surface area contributed by atoms with Crippen LogP contribution in [0.25, 0.3) is 0 Å². The van der Waals surface area contributed by atoms with Crippen molar-refractivity contribution in [1.29, 1.82) is 0 Å². The fourth-order valence-corrected chi connectivity index (χ4v) is 11.4. The molecule has 0 amide bonds. The summed E-state index contributed by atoms with van der Waals surface area (Å²) in [5.74, 6) is 2.05. The Morgan fingerprint density at radius 3 is 1.06 bits per heavy atom. The smallest absolute Gasteiger partial charge is 0.0904 e. The molecule has 5 heteroatoms. The highest BCUT2D eigenvalue weighted by Crippen LogP contribution is 2.63. The van der Waals surface area contributed by atoms with Gasteiger partial charge in [-0.15, -0.1) is 0 Å². The van der Waals surface area contributed by atoms with Crippen LogP contribution in [-0.2, 0) is 12.5 Å². The first-order valence-electron chi connectivity index (χ1n) is 24.0. The zero-order chi connectivity index (χ0) is 40.9. The molecule has 0 heterocycles. The number of allylic oxidation sites excluding steroid dienone is 1. The fourth-order valence-electron chi connectivity index (χ4n) is 7.94. The van der Waals surface area contributed by atoms with Crippen LogP contribution in [0.2, 0.25) is 0 Å². The first kappa shape index (κ1) is 53.8. The minimum Gasteiger partial charge on any atom is -0.381 e. The molecule has 0 radical (unpaired) electrons. The van der Waals surface area contributed by atoms with E-state index in [0.29, 0.717) is 17.8 Å². The van der Waals surface area contributed by atoms with E-state index in [0.717, 1.165) is 38.0 Å². The summed E-state index contributed by atoms with van der Waals surface area (Å²) in [6.07, 6.45) is 35.6. The van der Waals surface area contributed by atoms with Crippen molar-refractivity contribution in [3.63, 3.8) is 0 Å². The lowest BCUT2D eigenvalue weighted by molar-refractivity contribution is -0.0699. The van der Waals surface area contributed by atoms with Crippen molar-refractivity contribution in [1.82, 2.24) is 4.90 Å². The fraction of sp³-hybridized carbons (Fsp3) is 0.959. The first-order chi connectivity index (χ1) is 25.7. The van der Waals surface area contributed by atoms with Gasteiger partial charge in [-0.2, -0.15) is 0 Å². The second-order valence-corrected chi connectivity index (χ2v) is 20.2. The maximum atomic E-state index is 7.81. The van der Waals surface area contributed by atoms with E-state index in [1.165, 1.54) is 135 Å². The third-order valence-electron chi connectivity index (χ3n) is 13.5. The minimum atomic E-state index is -2.43. The van der Waals surface area contributed by atoms with Gasteiger partial charge < -0.3 is 4.90 Å². The molecule has 0 spiro atoms. The predicted octanol–water partition coefficient (Wildman–Crippen LogP) is 17.1. The maximum absolute atomic E-state index is 7.81. The Bertz CT molecular complexity index is 805. The molecule has 6 atom stereocenters. The largest absolute Gasteiger partial charge is 0.381 e. The molecule has 326 valence electrons. The number of unbranched alkanes of at least 4 members (excludes halogenated alkanes) is 15. The van der Waals surface area contributed by atoms with Crippen molar-refractivity contribution in [2.75, 3.05) is 19.3 Å². The molecule has 6 unspecified atom stereocenters. The molecule has 0 saturated heterocycles. The Labute approximate surface area is 343 Å². The summed E-state index contributed by atoms with van der Waals surface area (Å²) >= 11 is 0. The summed E-state index contributed by atoms with van der Waals surface area (Å²) in [6, 6.07) is 0. The SMILES string of the molecule is CC=CN(C)CCCS(OC(C)(CC)C(C)CCCCCCCC)(OC(C)(CC)C(C)CCCCCCCC)OC(C)(CC)C(C)CCCCCCCC. The van der Waals surface area contributed by atoms with Crippen molar-refractivity contribution in [3.05, 3.63) is 12.3 Å². The average Bonchev–Trinajstić information content (AvgIpc) is 3.15. The van der Waals surface area contributed by atoms with Crippen LogP contribution in [-0.4, -0.2) is 41.0 Å². The lowest BCUT2D eigenvalue weighted by Gasteiger charge is -2.54. The van der Waals surface area contributed by atoms with Gasteiger partial charge in [0.2, 0.25) is 0 Å². The van der Waals surface area contributed by atoms with Crippen LogP contribution >= 0.6 is 10.9 Å². The van der Waals surface area contributed by atoms with Crippen LogP contribution in [0.3, 0.4) is 0 Å². The van der Waals surface area contributed by atoms with E-state index < -0.39 is 10.9 Å². The lowest BCUT2D eigenvalue weighted by atomic mass is 9.84. The van der Waals surface area contributed by atoms with Gasteiger partial charge in [-0.25, -0.2) is 0 Å². The van der Waals surface area contributed by atoms with E-state index in [1.54, 1.807) is 0 Å². The van der Waals surface area contributed by atoms with Crippen LogP contribution in [0.5, 0.6) is 0 Å². The Morgan fingerprint density at radius 1 is 0.481 bits per heavy atom. The van der Waals surface area contributed by atoms with Crippen molar-refractivity contribution < 1.29 is 12.5 Å². The van der Waals surface area contributed by atoms with Gasteiger partial charge in [-0.3, -0.25) is 12.5 Å². The molecule has 0 saturated carbocycles. The first-order valence-corrected chi connectivity index (χ1v) is 25.5. The van der Waals surface area contributed by atoms with Crippen LogP contribution in [0.15, 0.2) is 12.3 Å². The molecule has 0 aliphatic rings. The summed E-state index contributed by atoms with van der Waals surface area (Å²) in [6.45, 7) is 31.5. The van der Waals surface area contributed by atoms with Crippen molar-refractivity contribution in [3.8, 4) is 0 Å². The van der Waals surface area contributed by atoms with E-state index in [4.69, 9.17) is 12.5 Å². The summed E-state index contributed by atoms with van der Waals surface area (Å²) in [5.41, 5.74) is -0.993. The van der Waals surface area contributed by atoms with Gasteiger partial charge in [0.25, 0.3) is 0 Å². The van der Waals surface area contributed by atoms with Gasteiger partial charge in [-0.05, 0) is 96.6 Å². The summed E-state index contributed by atoms with van der Waals surface area (Å²) in [4.78, 5) is 2.31. The van der Waals surface area contributed by atoms with Gasteiger partial charge in [0, 0.05) is 19.3 Å². The minimum absolute atomic E-state index is 0.331. The van der Waals surface area contributed by atoms with Crippen molar-refractivity contribution in [2.45, 2.75) is 267 Å². The molecule has 0 N–H and O–H groups in total. The number of hydrogen-bond donors (Lipinski definition) is 0. The standard InChI is InChI=1S/C49H101NO3S/c1-15-22-25-28-31-34-38-44(8)47(11,19-5)51-54(43-37-42-50(14)41-18-4,52-48(12,20-6)45(9)39-35-32-29-26-23-16-2)53-49(13,21-7)46(10)40-36-33-30-27-24-17-3/h18,41,44-46H,15-17,19-40,42-43H2,1-14H3. The highest BCUT2D eigenvalue weighted by Gasteiger charge is 2.49. The Morgan fingerprint density at radius 2 is 0.778 bits per heavy atom. The highest BCUT2D eigenvalue weighted by molar-refractivity contribution is 8.21. The van der Waals surface area contributed by atoms with Gasteiger partial charge >= 0.3 is 0 Å². The van der Waals surface area contributed by atoms with E-state index in [2.05, 4.69) is 114 Å². The number of rotatable bonds is 38. The van der Waals surface area contributed by atoms with Crippen LogP contribution < -0.4 is 0 Å². The van der Waals surface area contributed by atoms with E-state index in [1.807, 2.05) is 0 Å². The topological polar surface area (TPSA) is 30.9 Å². The molecule has 0 aliphatic heterocycles. The normalized spacial score (nSPS) is 19.1. The second-order valence-electron chi connectivity index (χ2n) is 18.2. The number of nitrogens with zero attached hydrogens (tertiary/aromatic N) is 1. The molecule has 0 bridgehead atoms. The average molecular weight is 784 g/mol. The second kappa shape index (κ2) is 30.8. The molecule has 0 rings (SSSR count). The Hall–Kier alpha value is -0.230. The summed E-state index contributed by atoms with van der Waals surface area (Å²) < 4.78 is 23.4. The third-order valence-corrected chi connectivity index (χ3v) is 16.2. The predicted molar refractivity (Wildman–Crippen MR) is 245 cm³/mol. The highest BCUT2D eigenvalue weighted by atomic mass is 32.3. The summed E-state index contributed by atoms with van der Waals surface area (Å²) in [5, 5.41) is 0. The molecule has 0 aromatic heterocycles. The molecule has 0 aromatic carbocycles. The van der Waals surface area contributed by atoms with Crippen LogP contribution in [0.1, 0.15) is 251 Å². The number of hydrogen-bond acceptors (Lipinski definition) is 4. The quantitative estimate of drug-likeness (QED) is 0.0584. The van der Waals surface area contributed by atoms with E-state index in [9.17, 15) is 0 Å². The molecule has 0 aliphatic carbocycles. The van der Waals surface area contributed by atoms with Crippen molar-refractivity contribution >= 4 is 10.9 Å². The Kier molecular flexibility index (Phi) is 30.7. The zero-order valence-corrected chi connectivity index (χ0v) is 40.4. The van der Waals surface area contributed by atoms with Gasteiger partial charge in [0.1, 0.15) is 0 Å². The molecule has 4 nitrogen and oxygen atoms in total. The van der Waals surface area contributed by atoms with E-state index in [-0.39, 0.29) is 16.8 Å². The van der Waals surface area contributed by atoms with Crippen LogP contribution in [0, 0.1) is 17.8 Å². The van der Waals surface area contributed by atoms with Gasteiger partial charge in [0.05, 0.1) is 27.7 Å². The monoisotopic (exact) mass is 784 g/mol.